The fourth-order valence-corrected chi connectivity index (χ4v) is 3.27. The zero-order valence-electron chi connectivity index (χ0n) is 11.2. The first-order chi connectivity index (χ1) is 8.20. The molecular weight excluding hydrogens is 206 g/mol. The molecule has 0 aromatic heterocycles. The minimum atomic E-state index is -0.0702. The van der Waals surface area contributed by atoms with E-state index in [0.717, 1.165) is 12.8 Å². The second-order valence-corrected chi connectivity index (χ2v) is 5.44. The third-order valence-electron chi connectivity index (χ3n) is 4.51. The Balaban J connectivity index is 2.27. The molecule has 94 valence electrons. The van der Waals surface area contributed by atoms with Crippen LogP contribution in [0.3, 0.4) is 0 Å². The maximum absolute atomic E-state index is 6.73. The molecule has 2 unspecified atom stereocenters. The molecule has 1 nitrogen and oxygen atoms in total. The predicted molar refractivity (Wildman–Crippen MR) is 73.9 cm³/mol. The van der Waals surface area contributed by atoms with Crippen molar-refractivity contribution in [1.29, 1.82) is 0 Å². The summed E-state index contributed by atoms with van der Waals surface area (Å²) in [6.45, 7) is 4.47. The molecule has 1 aromatic carbocycles. The fraction of sp³-hybridized carbons (Fsp3) is 0.625. The van der Waals surface area contributed by atoms with Crippen LogP contribution >= 0.6 is 0 Å². The molecule has 2 atom stereocenters. The number of aryl methyl sites for hydroxylation is 1. The highest BCUT2D eigenvalue weighted by Crippen LogP contribution is 2.41. The summed E-state index contributed by atoms with van der Waals surface area (Å²) in [5.74, 6) is 0.656. The topological polar surface area (TPSA) is 26.0 Å². The van der Waals surface area contributed by atoms with Gasteiger partial charge in [-0.25, -0.2) is 0 Å². The molecule has 0 spiro atoms. The number of nitrogens with two attached hydrogens (primary N) is 1. The molecule has 0 bridgehead atoms. The van der Waals surface area contributed by atoms with Crippen molar-refractivity contribution in [2.24, 2.45) is 11.7 Å². The highest BCUT2D eigenvalue weighted by molar-refractivity contribution is 5.29. The van der Waals surface area contributed by atoms with E-state index in [1.807, 2.05) is 0 Å². The Labute approximate surface area is 105 Å². The molecule has 0 amide bonds. The molecule has 0 saturated heterocycles. The molecule has 2 rings (SSSR count). The van der Waals surface area contributed by atoms with Crippen LogP contribution in [0.15, 0.2) is 24.3 Å². The lowest BCUT2D eigenvalue weighted by molar-refractivity contribution is 0.184. The van der Waals surface area contributed by atoms with Crippen molar-refractivity contribution < 1.29 is 0 Å². The van der Waals surface area contributed by atoms with Gasteiger partial charge in [0.1, 0.15) is 0 Å². The number of hydrogen-bond acceptors (Lipinski definition) is 1. The minimum absolute atomic E-state index is 0.0702. The fourth-order valence-electron chi connectivity index (χ4n) is 3.27. The van der Waals surface area contributed by atoms with Gasteiger partial charge in [-0.15, -0.1) is 0 Å². The zero-order valence-corrected chi connectivity index (χ0v) is 11.2. The van der Waals surface area contributed by atoms with Crippen molar-refractivity contribution in [2.45, 2.75) is 57.9 Å². The third kappa shape index (κ3) is 2.40. The molecule has 0 radical (unpaired) electrons. The largest absolute Gasteiger partial charge is 0.321 e. The van der Waals surface area contributed by atoms with E-state index in [-0.39, 0.29) is 5.54 Å². The SMILES string of the molecule is CCc1ccc(C2(N)CCCCC2CC)cc1. The Morgan fingerprint density at radius 1 is 1.18 bits per heavy atom. The van der Waals surface area contributed by atoms with Gasteiger partial charge in [0, 0.05) is 5.54 Å². The van der Waals surface area contributed by atoms with Crippen molar-refractivity contribution in [3.8, 4) is 0 Å². The summed E-state index contributed by atoms with van der Waals surface area (Å²) in [4.78, 5) is 0. The van der Waals surface area contributed by atoms with Crippen LogP contribution in [0.4, 0.5) is 0 Å². The molecule has 17 heavy (non-hydrogen) atoms. The summed E-state index contributed by atoms with van der Waals surface area (Å²) in [6.07, 6.45) is 7.38. The summed E-state index contributed by atoms with van der Waals surface area (Å²) >= 11 is 0. The average molecular weight is 231 g/mol. The molecular formula is C16H25N. The van der Waals surface area contributed by atoms with Crippen molar-refractivity contribution in [3.63, 3.8) is 0 Å². The van der Waals surface area contributed by atoms with Crippen molar-refractivity contribution in [1.82, 2.24) is 0 Å². The monoisotopic (exact) mass is 231 g/mol. The number of hydrogen-bond donors (Lipinski definition) is 1. The van der Waals surface area contributed by atoms with E-state index in [1.165, 1.54) is 36.8 Å². The summed E-state index contributed by atoms with van der Waals surface area (Å²) < 4.78 is 0. The summed E-state index contributed by atoms with van der Waals surface area (Å²) in [7, 11) is 0. The van der Waals surface area contributed by atoms with Gasteiger partial charge in [0.15, 0.2) is 0 Å². The van der Waals surface area contributed by atoms with Crippen molar-refractivity contribution in [3.05, 3.63) is 35.4 Å². The van der Waals surface area contributed by atoms with Gasteiger partial charge < -0.3 is 5.73 Å². The van der Waals surface area contributed by atoms with Gasteiger partial charge in [0.05, 0.1) is 0 Å². The van der Waals surface area contributed by atoms with Crippen LogP contribution in [-0.2, 0) is 12.0 Å². The summed E-state index contributed by atoms with van der Waals surface area (Å²) in [5.41, 5.74) is 9.41. The Kier molecular flexibility index (Phi) is 3.88. The highest BCUT2D eigenvalue weighted by atomic mass is 14.8. The summed E-state index contributed by atoms with van der Waals surface area (Å²) in [6, 6.07) is 9.00. The first kappa shape index (κ1) is 12.6. The van der Waals surface area contributed by atoms with Gasteiger partial charge in [0.2, 0.25) is 0 Å². The van der Waals surface area contributed by atoms with E-state index in [1.54, 1.807) is 0 Å². The predicted octanol–water partition coefficient (Wildman–Crippen LogP) is 4.00. The maximum Gasteiger partial charge on any atom is 0.0438 e. The lowest BCUT2D eigenvalue weighted by Crippen LogP contribution is -2.46. The van der Waals surface area contributed by atoms with E-state index in [2.05, 4.69) is 38.1 Å². The van der Waals surface area contributed by atoms with Gasteiger partial charge in [0.25, 0.3) is 0 Å². The molecule has 1 heteroatoms. The van der Waals surface area contributed by atoms with Crippen LogP contribution in [0.25, 0.3) is 0 Å². The van der Waals surface area contributed by atoms with E-state index < -0.39 is 0 Å². The first-order valence-electron chi connectivity index (χ1n) is 7.09. The van der Waals surface area contributed by atoms with Gasteiger partial charge in [-0.05, 0) is 36.3 Å². The van der Waals surface area contributed by atoms with Crippen LogP contribution in [0.5, 0.6) is 0 Å². The number of rotatable bonds is 3. The molecule has 0 heterocycles. The van der Waals surface area contributed by atoms with E-state index >= 15 is 0 Å². The standard InChI is InChI=1S/C16H25N/c1-3-13-8-10-15(11-9-13)16(17)12-6-5-7-14(16)4-2/h8-11,14H,3-7,12,17H2,1-2H3. The quantitative estimate of drug-likeness (QED) is 0.836. The lowest BCUT2D eigenvalue weighted by atomic mass is 9.68. The maximum atomic E-state index is 6.73. The number of benzene rings is 1. The normalized spacial score (nSPS) is 29.2. The Morgan fingerprint density at radius 3 is 2.47 bits per heavy atom. The van der Waals surface area contributed by atoms with Gasteiger partial charge >= 0.3 is 0 Å². The highest BCUT2D eigenvalue weighted by Gasteiger charge is 2.37. The van der Waals surface area contributed by atoms with E-state index in [0.29, 0.717) is 5.92 Å². The van der Waals surface area contributed by atoms with Crippen LogP contribution in [0.2, 0.25) is 0 Å². The van der Waals surface area contributed by atoms with Crippen molar-refractivity contribution >= 4 is 0 Å². The Morgan fingerprint density at radius 2 is 1.88 bits per heavy atom. The third-order valence-corrected chi connectivity index (χ3v) is 4.51. The smallest absolute Gasteiger partial charge is 0.0438 e. The molecule has 1 aliphatic carbocycles. The molecule has 2 N–H and O–H groups in total. The van der Waals surface area contributed by atoms with Gasteiger partial charge in [-0.3, -0.25) is 0 Å². The summed E-state index contributed by atoms with van der Waals surface area (Å²) in [5, 5.41) is 0. The second-order valence-electron chi connectivity index (χ2n) is 5.44. The van der Waals surface area contributed by atoms with E-state index in [4.69, 9.17) is 5.73 Å². The minimum Gasteiger partial charge on any atom is -0.321 e. The van der Waals surface area contributed by atoms with Crippen LogP contribution in [0, 0.1) is 5.92 Å². The molecule has 1 aromatic rings. The molecule has 0 aliphatic heterocycles. The zero-order chi connectivity index (χ0) is 12.3. The Hall–Kier alpha value is -0.820. The second kappa shape index (κ2) is 5.22. The van der Waals surface area contributed by atoms with Gasteiger partial charge in [-0.1, -0.05) is 57.4 Å². The first-order valence-corrected chi connectivity index (χ1v) is 7.09. The van der Waals surface area contributed by atoms with E-state index in [9.17, 15) is 0 Å². The molecule has 1 saturated carbocycles. The lowest BCUT2D eigenvalue weighted by Gasteiger charge is -2.41. The van der Waals surface area contributed by atoms with Crippen molar-refractivity contribution in [2.75, 3.05) is 0 Å². The average Bonchev–Trinajstić information content (AvgIpc) is 2.39. The van der Waals surface area contributed by atoms with Gasteiger partial charge in [-0.2, -0.15) is 0 Å². The molecule has 1 fully saturated rings. The van der Waals surface area contributed by atoms with Crippen LogP contribution < -0.4 is 5.73 Å². The Bertz CT molecular complexity index is 354. The van der Waals surface area contributed by atoms with Crippen LogP contribution in [0.1, 0.15) is 57.1 Å². The molecule has 1 aliphatic rings. The van der Waals surface area contributed by atoms with Crippen LogP contribution in [-0.4, -0.2) is 0 Å².